The number of carbonyl (C=O) groups excluding carboxylic acids is 1. The van der Waals surface area contributed by atoms with Crippen LogP contribution in [-0.4, -0.2) is 18.0 Å². The zero-order valence-electron chi connectivity index (χ0n) is 8.06. The highest BCUT2D eigenvalue weighted by atomic mass is 79.9. The minimum atomic E-state index is -0.785. The molecule has 0 atom stereocenters. The largest absolute Gasteiger partial charge is 0.465 e. The number of carbonyl (C=O) groups is 1. The molecule has 0 aromatic heterocycles. The Morgan fingerprint density at radius 2 is 2.25 bits per heavy atom. The first-order chi connectivity index (χ1) is 7.51. The van der Waals surface area contributed by atoms with Crippen molar-refractivity contribution in [2.45, 2.75) is 0 Å². The lowest BCUT2D eigenvalue weighted by Crippen LogP contribution is -2.05. The number of methoxy groups -OCH3 is 1. The topological polar surface area (TPSA) is 93.2 Å². The molecule has 1 aromatic rings. The summed E-state index contributed by atoms with van der Waals surface area (Å²) < 4.78 is 4.57. The number of benzene rings is 1. The summed E-state index contributed by atoms with van der Waals surface area (Å²) in [6.07, 6.45) is 0. The fourth-order valence-corrected chi connectivity index (χ4v) is 1.56. The zero-order chi connectivity index (χ0) is 12.3. The quantitative estimate of drug-likeness (QED) is 0.470. The van der Waals surface area contributed by atoms with Crippen molar-refractivity contribution in [2.24, 2.45) is 0 Å². The third-order valence-electron chi connectivity index (χ3n) is 1.81. The molecule has 0 saturated carbocycles. The van der Waals surface area contributed by atoms with Crippen molar-refractivity contribution in [2.75, 3.05) is 7.11 Å². The molecule has 0 radical (unpaired) electrons. The molecule has 0 spiro atoms. The van der Waals surface area contributed by atoms with E-state index in [1.54, 1.807) is 6.07 Å². The van der Waals surface area contributed by atoms with Crippen LogP contribution in [0.1, 0.15) is 15.9 Å². The Morgan fingerprint density at radius 1 is 1.62 bits per heavy atom. The summed E-state index contributed by atoms with van der Waals surface area (Å²) in [7, 11) is 1.14. The first kappa shape index (κ1) is 12.1. The number of halogens is 1. The van der Waals surface area contributed by atoms with E-state index < -0.39 is 10.9 Å². The van der Waals surface area contributed by atoms with Crippen LogP contribution >= 0.6 is 15.9 Å². The van der Waals surface area contributed by atoms with E-state index in [0.717, 1.165) is 13.2 Å². The lowest BCUT2D eigenvalue weighted by molar-refractivity contribution is -0.385. The molecule has 0 saturated heterocycles. The van der Waals surface area contributed by atoms with Crippen molar-refractivity contribution in [1.82, 2.24) is 0 Å². The summed E-state index contributed by atoms with van der Waals surface area (Å²) in [4.78, 5) is 21.2. The monoisotopic (exact) mass is 284 g/mol. The van der Waals surface area contributed by atoms with Gasteiger partial charge >= 0.3 is 5.97 Å². The number of esters is 1. The molecular formula is C9H5BrN2O4. The van der Waals surface area contributed by atoms with Crippen LogP contribution in [0.2, 0.25) is 0 Å². The maximum atomic E-state index is 11.3. The van der Waals surface area contributed by atoms with E-state index in [0.29, 0.717) is 0 Å². The molecule has 0 aliphatic rings. The van der Waals surface area contributed by atoms with Crippen LogP contribution in [0.25, 0.3) is 0 Å². The Kier molecular flexibility index (Phi) is 3.58. The molecule has 0 heterocycles. The number of hydrogen-bond acceptors (Lipinski definition) is 5. The standard InChI is InChI=1S/C9H5BrN2O4/c1-16-9(13)6-3-8(12(14)15)7(10)2-5(6)4-11/h2-3H,1H3. The van der Waals surface area contributed by atoms with E-state index in [2.05, 4.69) is 20.7 Å². The zero-order valence-corrected chi connectivity index (χ0v) is 9.65. The minimum Gasteiger partial charge on any atom is -0.465 e. The second kappa shape index (κ2) is 4.72. The number of rotatable bonds is 2. The van der Waals surface area contributed by atoms with Gasteiger partial charge in [0.2, 0.25) is 0 Å². The van der Waals surface area contributed by atoms with E-state index >= 15 is 0 Å². The van der Waals surface area contributed by atoms with Crippen molar-refractivity contribution in [3.05, 3.63) is 37.8 Å². The van der Waals surface area contributed by atoms with Gasteiger partial charge in [-0.15, -0.1) is 0 Å². The van der Waals surface area contributed by atoms with E-state index in [-0.39, 0.29) is 21.3 Å². The van der Waals surface area contributed by atoms with E-state index in [9.17, 15) is 14.9 Å². The van der Waals surface area contributed by atoms with E-state index in [1.165, 1.54) is 6.07 Å². The smallest absolute Gasteiger partial charge is 0.339 e. The molecule has 0 aliphatic heterocycles. The van der Waals surface area contributed by atoms with Crippen LogP contribution in [0, 0.1) is 21.4 Å². The molecular weight excluding hydrogens is 280 g/mol. The first-order valence-corrected chi connectivity index (χ1v) is 4.77. The summed E-state index contributed by atoms with van der Waals surface area (Å²) in [6, 6.07) is 3.99. The second-order valence-electron chi connectivity index (χ2n) is 2.71. The summed E-state index contributed by atoms with van der Waals surface area (Å²) >= 11 is 2.95. The van der Waals surface area contributed by atoms with Crippen LogP contribution in [0.15, 0.2) is 16.6 Å². The van der Waals surface area contributed by atoms with Crippen LogP contribution in [0.4, 0.5) is 5.69 Å². The molecule has 0 unspecified atom stereocenters. The highest BCUT2D eigenvalue weighted by Gasteiger charge is 2.20. The summed E-state index contributed by atoms with van der Waals surface area (Å²) in [6.45, 7) is 0. The number of ether oxygens (including phenoxy) is 1. The molecule has 0 aliphatic carbocycles. The van der Waals surface area contributed by atoms with Gasteiger partial charge in [-0.25, -0.2) is 4.79 Å². The van der Waals surface area contributed by atoms with Crippen molar-refractivity contribution in [1.29, 1.82) is 5.26 Å². The molecule has 82 valence electrons. The van der Waals surface area contributed by atoms with Crippen LogP contribution < -0.4 is 0 Å². The number of nitro groups is 1. The van der Waals surface area contributed by atoms with Gasteiger partial charge in [-0.2, -0.15) is 5.26 Å². The Morgan fingerprint density at radius 3 is 2.69 bits per heavy atom. The molecule has 1 rings (SSSR count). The lowest BCUT2D eigenvalue weighted by atomic mass is 10.1. The lowest BCUT2D eigenvalue weighted by Gasteiger charge is -2.03. The number of nitrogens with zero attached hydrogens (tertiary/aromatic N) is 2. The number of nitro benzene ring substituents is 1. The Balaban J connectivity index is 3.48. The minimum absolute atomic E-state index is 0.0179. The Hall–Kier alpha value is -1.94. The third-order valence-corrected chi connectivity index (χ3v) is 2.44. The maximum absolute atomic E-state index is 11.3. The predicted molar refractivity (Wildman–Crippen MR) is 56.9 cm³/mol. The third kappa shape index (κ3) is 2.17. The summed E-state index contributed by atoms with van der Waals surface area (Å²) in [5, 5.41) is 19.4. The molecule has 0 amide bonds. The normalized spacial score (nSPS) is 9.31. The van der Waals surface area contributed by atoms with Crippen molar-refractivity contribution < 1.29 is 14.5 Å². The fourth-order valence-electron chi connectivity index (χ4n) is 1.07. The van der Waals surface area contributed by atoms with Crippen LogP contribution in [0.5, 0.6) is 0 Å². The second-order valence-corrected chi connectivity index (χ2v) is 3.56. The average molecular weight is 285 g/mol. The van der Waals surface area contributed by atoms with Crippen molar-refractivity contribution >= 4 is 27.6 Å². The molecule has 0 N–H and O–H groups in total. The summed E-state index contributed by atoms with van der Waals surface area (Å²) in [5.74, 6) is -0.785. The highest BCUT2D eigenvalue weighted by molar-refractivity contribution is 9.10. The molecule has 1 aromatic carbocycles. The van der Waals surface area contributed by atoms with Gasteiger partial charge in [-0.05, 0) is 22.0 Å². The average Bonchev–Trinajstić information content (AvgIpc) is 2.27. The van der Waals surface area contributed by atoms with Gasteiger partial charge in [0.25, 0.3) is 5.69 Å². The highest BCUT2D eigenvalue weighted by Crippen LogP contribution is 2.28. The molecule has 16 heavy (non-hydrogen) atoms. The van der Waals surface area contributed by atoms with Gasteiger partial charge in [0, 0.05) is 6.07 Å². The van der Waals surface area contributed by atoms with Gasteiger partial charge in [-0.3, -0.25) is 10.1 Å². The fraction of sp³-hybridized carbons (Fsp3) is 0.111. The molecule has 7 heteroatoms. The van der Waals surface area contributed by atoms with Gasteiger partial charge in [0.1, 0.15) is 6.07 Å². The summed E-state index contributed by atoms with van der Waals surface area (Å²) in [5.41, 5.74) is -0.399. The van der Waals surface area contributed by atoms with Gasteiger partial charge in [-0.1, -0.05) is 0 Å². The van der Waals surface area contributed by atoms with Crippen LogP contribution in [0.3, 0.4) is 0 Å². The van der Waals surface area contributed by atoms with Gasteiger partial charge < -0.3 is 4.74 Å². The molecule has 6 nitrogen and oxygen atoms in total. The van der Waals surface area contributed by atoms with Crippen LogP contribution in [-0.2, 0) is 4.74 Å². The van der Waals surface area contributed by atoms with E-state index in [4.69, 9.17) is 5.26 Å². The molecule has 0 fully saturated rings. The Bertz CT molecular complexity index is 507. The Labute approximate surface area is 98.7 Å². The first-order valence-electron chi connectivity index (χ1n) is 3.97. The SMILES string of the molecule is COC(=O)c1cc([N+](=O)[O-])c(Br)cc1C#N. The number of hydrogen-bond donors (Lipinski definition) is 0. The van der Waals surface area contributed by atoms with Gasteiger partial charge in [0.05, 0.1) is 27.6 Å². The number of nitriles is 1. The van der Waals surface area contributed by atoms with Gasteiger partial charge in [0.15, 0.2) is 0 Å². The predicted octanol–water partition coefficient (Wildman–Crippen LogP) is 2.02. The van der Waals surface area contributed by atoms with Crippen molar-refractivity contribution in [3.8, 4) is 6.07 Å². The van der Waals surface area contributed by atoms with Crippen molar-refractivity contribution in [3.63, 3.8) is 0 Å². The van der Waals surface area contributed by atoms with E-state index in [1.807, 2.05) is 0 Å². The molecule has 0 bridgehead atoms. The maximum Gasteiger partial charge on any atom is 0.339 e.